The molecule has 4 aromatic carbocycles. The summed E-state index contributed by atoms with van der Waals surface area (Å²) < 4.78 is 43.5. The van der Waals surface area contributed by atoms with Crippen LogP contribution >= 0.6 is 15.9 Å². The Labute approximate surface area is 266 Å². The Morgan fingerprint density at radius 2 is 1.43 bits per heavy atom. The molecule has 0 saturated carbocycles. The molecule has 0 fully saturated rings. The van der Waals surface area contributed by atoms with Gasteiger partial charge in [0.25, 0.3) is 10.0 Å². The van der Waals surface area contributed by atoms with Crippen molar-refractivity contribution in [1.29, 1.82) is 0 Å². The zero-order valence-electron chi connectivity index (χ0n) is 24.6. The zero-order valence-corrected chi connectivity index (χ0v) is 27.0. The van der Waals surface area contributed by atoms with Gasteiger partial charge in [-0.05, 0) is 73.0 Å². The van der Waals surface area contributed by atoms with E-state index < -0.39 is 34.3 Å². The van der Waals surface area contributed by atoms with Gasteiger partial charge in [0.05, 0.1) is 10.6 Å². The summed E-state index contributed by atoms with van der Waals surface area (Å²) in [5.41, 5.74) is 1.71. The van der Waals surface area contributed by atoms with Gasteiger partial charge >= 0.3 is 0 Å². The Balaban J connectivity index is 1.79. The van der Waals surface area contributed by atoms with E-state index in [4.69, 9.17) is 0 Å². The molecule has 0 aliphatic heterocycles. The number of amides is 2. The fourth-order valence-electron chi connectivity index (χ4n) is 4.64. The van der Waals surface area contributed by atoms with E-state index in [0.29, 0.717) is 12.0 Å². The zero-order chi connectivity index (χ0) is 31.7. The number of benzene rings is 4. The highest BCUT2D eigenvalue weighted by atomic mass is 79.9. The number of anilines is 1. The third kappa shape index (κ3) is 8.54. The first-order chi connectivity index (χ1) is 21.1. The van der Waals surface area contributed by atoms with E-state index >= 15 is 0 Å². The molecule has 0 spiro atoms. The normalized spacial score (nSPS) is 12.6. The van der Waals surface area contributed by atoms with E-state index in [1.165, 1.54) is 29.2 Å². The largest absolute Gasteiger partial charge is 0.352 e. The van der Waals surface area contributed by atoms with Gasteiger partial charge in [-0.25, -0.2) is 12.8 Å². The number of carbonyl (C=O) groups is 2. The molecular weight excluding hydrogens is 645 g/mol. The molecule has 10 heteroatoms. The molecule has 0 saturated heterocycles. The standard InChI is InChI=1S/C34H35BrFN3O4S/c1-3-25(2)37-34(41)32(22-26-10-6-4-7-11-26)38(23-27-14-18-29(36)19-15-27)33(40)24-39(30-20-16-28(35)17-21-30)44(42,43)31-12-8-5-9-13-31/h4-21,25,32H,3,22-24H2,1-2H3,(H,37,41)/t25-,32-/m1/s1. The second-order valence-corrected chi connectivity index (χ2v) is 13.3. The van der Waals surface area contributed by atoms with Crippen LogP contribution in [0.15, 0.2) is 119 Å². The Kier molecular flexibility index (Phi) is 11.3. The van der Waals surface area contributed by atoms with Crippen LogP contribution in [0, 0.1) is 5.82 Å². The highest BCUT2D eigenvalue weighted by molar-refractivity contribution is 9.10. The van der Waals surface area contributed by atoms with Crippen molar-refractivity contribution < 1.29 is 22.4 Å². The number of rotatable bonds is 13. The summed E-state index contributed by atoms with van der Waals surface area (Å²) in [6.07, 6.45) is 0.877. The Hall–Kier alpha value is -4.02. The van der Waals surface area contributed by atoms with Crippen LogP contribution in [0.4, 0.5) is 10.1 Å². The molecule has 0 aliphatic rings. The van der Waals surface area contributed by atoms with Crippen LogP contribution in [0.5, 0.6) is 0 Å². The maximum atomic E-state index is 14.4. The first-order valence-corrected chi connectivity index (χ1v) is 16.5. The van der Waals surface area contributed by atoms with E-state index in [-0.39, 0.29) is 35.5 Å². The lowest BCUT2D eigenvalue weighted by Crippen LogP contribution is -2.54. The summed E-state index contributed by atoms with van der Waals surface area (Å²) in [6, 6.07) is 28.4. The van der Waals surface area contributed by atoms with E-state index in [1.54, 1.807) is 54.6 Å². The number of carbonyl (C=O) groups excluding carboxylic acids is 2. The van der Waals surface area contributed by atoms with Gasteiger partial charge in [0, 0.05) is 23.5 Å². The van der Waals surface area contributed by atoms with Crippen LogP contribution in [-0.2, 0) is 32.6 Å². The van der Waals surface area contributed by atoms with Gasteiger partial charge in [-0.1, -0.05) is 83.5 Å². The molecule has 1 N–H and O–H groups in total. The van der Waals surface area contributed by atoms with Crippen molar-refractivity contribution in [3.8, 4) is 0 Å². The summed E-state index contributed by atoms with van der Waals surface area (Å²) in [5, 5.41) is 3.00. The molecule has 0 unspecified atom stereocenters. The Morgan fingerprint density at radius 3 is 2.02 bits per heavy atom. The predicted octanol–water partition coefficient (Wildman–Crippen LogP) is 6.34. The quantitative estimate of drug-likeness (QED) is 0.179. The van der Waals surface area contributed by atoms with Gasteiger partial charge in [-0.3, -0.25) is 13.9 Å². The fraction of sp³-hybridized carbons (Fsp3) is 0.235. The summed E-state index contributed by atoms with van der Waals surface area (Å²) >= 11 is 3.38. The number of hydrogen-bond donors (Lipinski definition) is 1. The molecule has 2 amide bonds. The summed E-state index contributed by atoms with van der Waals surface area (Å²) in [5.74, 6) is -1.38. The third-order valence-corrected chi connectivity index (χ3v) is 9.58. The topological polar surface area (TPSA) is 86.8 Å². The number of halogens is 2. The van der Waals surface area contributed by atoms with E-state index in [2.05, 4.69) is 21.2 Å². The van der Waals surface area contributed by atoms with Crippen molar-refractivity contribution in [2.45, 2.75) is 50.2 Å². The van der Waals surface area contributed by atoms with Crippen molar-refractivity contribution in [3.63, 3.8) is 0 Å². The lowest BCUT2D eigenvalue weighted by Gasteiger charge is -2.34. The molecule has 2 atom stereocenters. The molecule has 4 aromatic rings. The van der Waals surface area contributed by atoms with Crippen LogP contribution < -0.4 is 9.62 Å². The summed E-state index contributed by atoms with van der Waals surface area (Å²) in [6.45, 7) is 3.22. The minimum Gasteiger partial charge on any atom is -0.352 e. The maximum absolute atomic E-state index is 14.4. The second-order valence-electron chi connectivity index (χ2n) is 10.5. The van der Waals surface area contributed by atoms with Gasteiger partial charge in [0.15, 0.2) is 0 Å². The highest BCUT2D eigenvalue weighted by Gasteiger charge is 2.35. The Bertz CT molecular complexity index is 1640. The predicted molar refractivity (Wildman–Crippen MR) is 174 cm³/mol. The van der Waals surface area contributed by atoms with Crippen molar-refractivity contribution in [1.82, 2.24) is 10.2 Å². The van der Waals surface area contributed by atoms with E-state index in [9.17, 15) is 22.4 Å². The van der Waals surface area contributed by atoms with Gasteiger partial charge in [0.2, 0.25) is 11.8 Å². The van der Waals surface area contributed by atoms with Crippen LogP contribution in [0.2, 0.25) is 0 Å². The molecule has 4 rings (SSSR count). The van der Waals surface area contributed by atoms with Crippen LogP contribution in [0.3, 0.4) is 0 Å². The first kappa shape index (κ1) is 32.9. The Morgan fingerprint density at radius 1 is 0.841 bits per heavy atom. The molecule has 230 valence electrons. The second kappa shape index (κ2) is 15.1. The van der Waals surface area contributed by atoms with Gasteiger partial charge < -0.3 is 10.2 Å². The first-order valence-electron chi connectivity index (χ1n) is 14.3. The van der Waals surface area contributed by atoms with Crippen LogP contribution in [-0.4, -0.2) is 43.8 Å². The molecule has 0 radical (unpaired) electrons. The van der Waals surface area contributed by atoms with E-state index in [0.717, 1.165) is 14.3 Å². The number of nitrogens with zero attached hydrogens (tertiary/aromatic N) is 2. The van der Waals surface area contributed by atoms with Crippen molar-refractivity contribution in [2.75, 3.05) is 10.8 Å². The molecule has 7 nitrogen and oxygen atoms in total. The molecule has 0 aliphatic carbocycles. The summed E-state index contributed by atoms with van der Waals surface area (Å²) in [7, 11) is -4.18. The maximum Gasteiger partial charge on any atom is 0.264 e. The SMILES string of the molecule is CC[C@@H](C)NC(=O)[C@@H](Cc1ccccc1)N(Cc1ccc(F)cc1)C(=O)CN(c1ccc(Br)cc1)S(=O)(=O)c1ccccc1. The average molecular weight is 681 g/mol. The van der Waals surface area contributed by atoms with Crippen molar-refractivity contribution in [2.24, 2.45) is 0 Å². The van der Waals surface area contributed by atoms with Gasteiger partial charge in [-0.2, -0.15) is 0 Å². The molecule has 0 bridgehead atoms. The monoisotopic (exact) mass is 679 g/mol. The van der Waals surface area contributed by atoms with E-state index in [1.807, 2.05) is 44.2 Å². The highest BCUT2D eigenvalue weighted by Crippen LogP contribution is 2.26. The average Bonchev–Trinajstić information content (AvgIpc) is 3.03. The van der Waals surface area contributed by atoms with Crippen molar-refractivity contribution >= 4 is 43.5 Å². The van der Waals surface area contributed by atoms with Crippen LogP contribution in [0.25, 0.3) is 0 Å². The molecule has 0 heterocycles. The lowest BCUT2D eigenvalue weighted by molar-refractivity contribution is -0.140. The smallest absolute Gasteiger partial charge is 0.264 e. The summed E-state index contributed by atoms with van der Waals surface area (Å²) in [4.78, 5) is 29.6. The van der Waals surface area contributed by atoms with Gasteiger partial charge in [0.1, 0.15) is 18.4 Å². The number of nitrogens with one attached hydrogen (secondary N) is 1. The number of hydrogen-bond acceptors (Lipinski definition) is 4. The minimum atomic E-state index is -4.18. The molecule has 0 aromatic heterocycles. The molecule has 44 heavy (non-hydrogen) atoms. The lowest BCUT2D eigenvalue weighted by atomic mass is 10.0. The third-order valence-electron chi connectivity index (χ3n) is 7.26. The van der Waals surface area contributed by atoms with Crippen LogP contribution in [0.1, 0.15) is 31.4 Å². The van der Waals surface area contributed by atoms with Gasteiger partial charge in [-0.15, -0.1) is 0 Å². The molecular formula is C34H35BrFN3O4S. The van der Waals surface area contributed by atoms with Crippen molar-refractivity contribution in [3.05, 3.63) is 131 Å². The number of sulfonamides is 1. The minimum absolute atomic E-state index is 0.0242. The fourth-order valence-corrected chi connectivity index (χ4v) is 6.34.